The van der Waals surface area contributed by atoms with Crippen LogP contribution in [0.25, 0.3) is 0 Å². The van der Waals surface area contributed by atoms with E-state index >= 15 is 0 Å². The van der Waals surface area contributed by atoms with Gasteiger partial charge in [-0.15, -0.1) is 0 Å². The topological polar surface area (TPSA) is 118 Å². The minimum atomic E-state index is -0.958. The van der Waals surface area contributed by atoms with Crippen LogP contribution in [0.5, 0.6) is 11.5 Å². The number of anilines is 2. The molecule has 0 bridgehead atoms. The average Bonchev–Trinajstić information content (AvgIpc) is 2.83. The van der Waals surface area contributed by atoms with Crippen molar-refractivity contribution in [1.82, 2.24) is 5.43 Å². The van der Waals surface area contributed by atoms with Crippen LogP contribution in [0.2, 0.25) is 5.02 Å². The highest BCUT2D eigenvalue weighted by atomic mass is 79.9. The molecule has 0 radical (unpaired) electrons. The highest BCUT2D eigenvalue weighted by molar-refractivity contribution is 9.10. The smallest absolute Gasteiger partial charge is 0.329 e. The fraction of sp³-hybridized carbons (Fsp3) is 0.185. The molecule has 0 aliphatic heterocycles. The number of halogens is 2. The summed E-state index contributed by atoms with van der Waals surface area (Å²) in [6.07, 6.45) is 1.34. The maximum atomic E-state index is 12.5. The molecule has 0 heterocycles. The number of benzene rings is 3. The first kappa shape index (κ1) is 28.7. The Balaban J connectivity index is 1.62. The second kappa shape index (κ2) is 13.6. The zero-order valence-corrected chi connectivity index (χ0v) is 23.3. The zero-order chi connectivity index (χ0) is 27.7. The Hall–Kier alpha value is -3.89. The Kier molecular flexibility index (Phi) is 10.3. The summed E-state index contributed by atoms with van der Waals surface area (Å²) < 4.78 is 11.9. The maximum Gasteiger partial charge on any atom is 0.329 e. The second-order valence-corrected chi connectivity index (χ2v) is 9.43. The highest BCUT2D eigenvalue weighted by Gasteiger charge is 2.15. The molecule has 3 aromatic carbocycles. The number of hydrogen-bond acceptors (Lipinski definition) is 6. The molecule has 9 nitrogen and oxygen atoms in total. The minimum absolute atomic E-state index is 0.239. The van der Waals surface area contributed by atoms with Crippen LogP contribution in [0, 0.1) is 13.8 Å². The van der Waals surface area contributed by atoms with E-state index in [4.69, 9.17) is 21.1 Å². The van der Waals surface area contributed by atoms with Crippen molar-refractivity contribution < 1.29 is 23.9 Å². The number of aryl methyl sites for hydroxylation is 2. The number of hydrogen-bond donors (Lipinski definition) is 3. The standard InChI is InChI=1S/C27H26BrClN4O5/c1-4-37-23-12-18(14-30-33-27(36)26(35)32-20-7-5-6-19(29)13-20)11-22(28)25(23)38-15-24(34)31-21-9-16(2)8-17(3)10-21/h5-14H,4,15H2,1-3H3,(H,31,34)(H,32,35)(H,33,36)/b30-14-. The van der Waals surface area contributed by atoms with Crippen molar-refractivity contribution in [3.63, 3.8) is 0 Å². The van der Waals surface area contributed by atoms with Crippen molar-refractivity contribution in [2.24, 2.45) is 5.10 Å². The lowest BCUT2D eigenvalue weighted by Crippen LogP contribution is -2.32. The quantitative estimate of drug-likeness (QED) is 0.177. The molecule has 0 unspecified atom stereocenters. The number of carbonyl (C=O) groups excluding carboxylic acids is 3. The van der Waals surface area contributed by atoms with Gasteiger partial charge in [-0.1, -0.05) is 23.7 Å². The van der Waals surface area contributed by atoms with Gasteiger partial charge in [0.1, 0.15) is 0 Å². The van der Waals surface area contributed by atoms with E-state index < -0.39 is 11.8 Å². The molecular weight excluding hydrogens is 576 g/mol. The molecule has 0 atom stereocenters. The average molecular weight is 602 g/mol. The molecular formula is C27H26BrClN4O5. The first-order chi connectivity index (χ1) is 18.1. The zero-order valence-electron chi connectivity index (χ0n) is 20.9. The largest absolute Gasteiger partial charge is 0.490 e. The van der Waals surface area contributed by atoms with Crippen molar-refractivity contribution in [3.8, 4) is 11.5 Å². The van der Waals surface area contributed by atoms with E-state index in [1.54, 1.807) is 30.3 Å². The van der Waals surface area contributed by atoms with Crippen molar-refractivity contribution >= 4 is 62.8 Å². The van der Waals surface area contributed by atoms with Crippen molar-refractivity contribution in [2.45, 2.75) is 20.8 Å². The number of hydrazone groups is 1. The van der Waals surface area contributed by atoms with Crippen molar-refractivity contribution in [1.29, 1.82) is 0 Å². The van der Waals surface area contributed by atoms with Crippen LogP contribution in [0.3, 0.4) is 0 Å². The van der Waals surface area contributed by atoms with Gasteiger partial charge < -0.3 is 20.1 Å². The molecule has 3 N–H and O–H groups in total. The summed E-state index contributed by atoms with van der Waals surface area (Å²) in [4.78, 5) is 36.6. The predicted molar refractivity (Wildman–Crippen MR) is 151 cm³/mol. The molecule has 3 aromatic rings. The van der Waals surface area contributed by atoms with Crippen LogP contribution < -0.4 is 25.5 Å². The fourth-order valence-electron chi connectivity index (χ4n) is 3.42. The number of nitrogens with zero attached hydrogens (tertiary/aromatic N) is 1. The van der Waals surface area contributed by atoms with Crippen LogP contribution in [0.1, 0.15) is 23.6 Å². The predicted octanol–water partition coefficient (Wildman–Crippen LogP) is 5.22. The summed E-state index contributed by atoms with van der Waals surface area (Å²) in [5.41, 5.74) is 5.86. The normalized spacial score (nSPS) is 10.7. The summed E-state index contributed by atoms with van der Waals surface area (Å²) in [6, 6.07) is 15.5. The highest BCUT2D eigenvalue weighted by Crippen LogP contribution is 2.36. The monoisotopic (exact) mass is 600 g/mol. The number of ether oxygens (including phenoxy) is 2. The summed E-state index contributed by atoms with van der Waals surface area (Å²) in [7, 11) is 0. The Bertz CT molecular complexity index is 1360. The number of amides is 3. The minimum Gasteiger partial charge on any atom is -0.490 e. The van der Waals surface area contributed by atoms with Crippen LogP contribution in [-0.2, 0) is 14.4 Å². The van der Waals surface area contributed by atoms with E-state index in [9.17, 15) is 14.4 Å². The summed E-state index contributed by atoms with van der Waals surface area (Å²) in [5.74, 6) is -1.48. The number of carbonyl (C=O) groups is 3. The molecule has 38 heavy (non-hydrogen) atoms. The van der Waals surface area contributed by atoms with Crippen LogP contribution in [0.4, 0.5) is 11.4 Å². The Morgan fingerprint density at radius 1 is 0.947 bits per heavy atom. The van der Waals surface area contributed by atoms with Crippen LogP contribution in [-0.4, -0.2) is 37.1 Å². The molecule has 0 fully saturated rings. The van der Waals surface area contributed by atoms with Gasteiger partial charge in [0, 0.05) is 16.4 Å². The van der Waals surface area contributed by atoms with E-state index in [0.717, 1.165) is 11.1 Å². The molecule has 11 heteroatoms. The lowest BCUT2D eigenvalue weighted by atomic mass is 10.1. The van der Waals surface area contributed by atoms with E-state index in [0.29, 0.717) is 44.5 Å². The third-order valence-corrected chi connectivity index (χ3v) is 5.68. The lowest BCUT2D eigenvalue weighted by Gasteiger charge is -2.15. The summed E-state index contributed by atoms with van der Waals surface area (Å²) in [6.45, 7) is 5.83. The maximum absolute atomic E-state index is 12.5. The summed E-state index contributed by atoms with van der Waals surface area (Å²) >= 11 is 9.31. The Labute approximate surface area is 233 Å². The first-order valence-electron chi connectivity index (χ1n) is 11.5. The van der Waals surface area contributed by atoms with Gasteiger partial charge in [-0.05, 0) is 95.9 Å². The molecule has 0 saturated heterocycles. The lowest BCUT2D eigenvalue weighted by molar-refractivity contribution is -0.136. The number of rotatable bonds is 9. The Morgan fingerprint density at radius 3 is 2.37 bits per heavy atom. The van der Waals surface area contributed by atoms with E-state index in [1.165, 1.54) is 12.3 Å². The molecule has 0 spiro atoms. The van der Waals surface area contributed by atoms with E-state index in [-0.39, 0.29) is 12.5 Å². The van der Waals surface area contributed by atoms with Crippen molar-refractivity contribution in [3.05, 3.63) is 80.8 Å². The van der Waals surface area contributed by atoms with Gasteiger partial charge in [-0.2, -0.15) is 5.10 Å². The molecule has 3 amide bonds. The van der Waals surface area contributed by atoms with Crippen molar-refractivity contribution in [2.75, 3.05) is 23.8 Å². The van der Waals surface area contributed by atoms with E-state index in [2.05, 4.69) is 37.1 Å². The molecule has 0 saturated carbocycles. The van der Waals surface area contributed by atoms with Gasteiger partial charge in [0.15, 0.2) is 18.1 Å². The van der Waals surface area contributed by atoms with Gasteiger partial charge >= 0.3 is 11.8 Å². The Morgan fingerprint density at radius 2 is 1.68 bits per heavy atom. The summed E-state index contributed by atoms with van der Waals surface area (Å²) in [5, 5.41) is 9.51. The van der Waals surface area contributed by atoms with Gasteiger partial charge in [-0.3, -0.25) is 14.4 Å². The number of nitrogens with one attached hydrogen (secondary N) is 3. The second-order valence-electron chi connectivity index (χ2n) is 8.14. The molecule has 0 aromatic heterocycles. The van der Waals surface area contributed by atoms with Crippen LogP contribution in [0.15, 0.2) is 64.2 Å². The van der Waals surface area contributed by atoms with Gasteiger partial charge in [0.2, 0.25) is 0 Å². The first-order valence-corrected chi connectivity index (χ1v) is 12.7. The third-order valence-electron chi connectivity index (χ3n) is 4.85. The SMILES string of the molecule is CCOc1cc(/C=N\NC(=O)C(=O)Nc2cccc(Cl)c2)cc(Br)c1OCC(=O)Nc1cc(C)cc(C)c1. The third kappa shape index (κ3) is 8.60. The van der Waals surface area contributed by atoms with Gasteiger partial charge in [0.05, 0.1) is 17.3 Å². The van der Waals surface area contributed by atoms with Gasteiger partial charge in [0.25, 0.3) is 5.91 Å². The molecule has 3 rings (SSSR count). The van der Waals surface area contributed by atoms with Crippen LogP contribution >= 0.6 is 27.5 Å². The fourth-order valence-corrected chi connectivity index (χ4v) is 4.18. The molecule has 0 aliphatic rings. The van der Waals surface area contributed by atoms with E-state index in [1.807, 2.05) is 39.0 Å². The molecule has 198 valence electrons. The van der Waals surface area contributed by atoms with Gasteiger partial charge in [-0.25, -0.2) is 5.43 Å². The molecule has 0 aliphatic carbocycles.